The van der Waals surface area contributed by atoms with E-state index < -0.39 is 10.0 Å². The van der Waals surface area contributed by atoms with E-state index in [0.717, 1.165) is 6.42 Å². The van der Waals surface area contributed by atoms with E-state index in [1.807, 2.05) is 13.8 Å². The summed E-state index contributed by atoms with van der Waals surface area (Å²) in [6.45, 7) is 6.55. The summed E-state index contributed by atoms with van der Waals surface area (Å²) in [5.41, 5.74) is 5.95. The van der Waals surface area contributed by atoms with Crippen molar-refractivity contribution in [3.8, 4) is 0 Å². The van der Waals surface area contributed by atoms with Crippen LogP contribution in [-0.4, -0.2) is 69.0 Å². The summed E-state index contributed by atoms with van der Waals surface area (Å²) < 4.78 is 32.5. The molecular formula is C16H25N3O4S2. The van der Waals surface area contributed by atoms with Crippen LogP contribution in [0, 0.1) is 5.41 Å². The number of amides is 1. The van der Waals surface area contributed by atoms with Crippen LogP contribution in [-0.2, 0) is 14.8 Å². The van der Waals surface area contributed by atoms with Gasteiger partial charge in [-0.3, -0.25) is 4.79 Å². The van der Waals surface area contributed by atoms with E-state index in [-0.39, 0.29) is 27.1 Å². The Morgan fingerprint density at radius 2 is 2.00 bits per heavy atom. The first-order chi connectivity index (χ1) is 11.7. The molecule has 1 amide bonds. The van der Waals surface area contributed by atoms with Crippen molar-refractivity contribution in [1.82, 2.24) is 9.21 Å². The SMILES string of the molecule is CC1(C)CN(C(=O)c2sccc2S(=O)(=O)N2CCOCC2)CCC1N. The molecule has 2 aliphatic heterocycles. The lowest BCUT2D eigenvalue weighted by molar-refractivity contribution is 0.0533. The summed E-state index contributed by atoms with van der Waals surface area (Å²) in [5, 5.41) is 1.67. The minimum absolute atomic E-state index is 0.0384. The minimum atomic E-state index is -3.68. The summed E-state index contributed by atoms with van der Waals surface area (Å²) in [4.78, 5) is 15.1. The predicted molar refractivity (Wildman–Crippen MR) is 96.2 cm³/mol. The number of piperidine rings is 1. The Morgan fingerprint density at radius 3 is 2.64 bits per heavy atom. The van der Waals surface area contributed by atoms with Gasteiger partial charge in [0.1, 0.15) is 9.77 Å². The molecule has 3 rings (SSSR count). The molecule has 1 aromatic heterocycles. The maximum atomic E-state index is 13.0. The van der Waals surface area contributed by atoms with E-state index in [1.165, 1.54) is 21.7 Å². The van der Waals surface area contributed by atoms with Crippen molar-refractivity contribution in [3.63, 3.8) is 0 Å². The highest BCUT2D eigenvalue weighted by molar-refractivity contribution is 7.89. The molecule has 2 N–H and O–H groups in total. The van der Waals surface area contributed by atoms with E-state index in [4.69, 9.17) is 10.5 Å². The highest BCUT2D eigenvalue weighted by Gasteiger charge is 2.38. The standard InChI is InChI=1S/C16H25N3O4S2/c1-16(2)11-18(5-3-13(16)17)15(20)14-12(4-10-24-14)25(21,22)19-6-8-23-9-7-19/h4,10,13H,3,5-9,11,17H2,1-2H3. The molecule has 2 aliphatic rings. The van der Waals surface area contributed by atoms with Crippen molar-refractivity contribution in [3.05, 3.63) is 16.3 Å². The van der Waals surface area contributed by atoms with Gasteiger partial charge in [-0.05, 0) is 23.3 Å². The Morgan fingerprint density at radius 1 is 1.32 bits per heavy atom. The number of hydrogen-bond acceptors (Lipinski definition) is 6. The molecule has 25 heavy (non-hydrogen) atoms. The van der Waals surface area contributed by atoms with Crippen molar-refractivity contribution in [2.75, 3.05) is 39.4 Å². The van der Waals surface area contributed by atoms with Gasteiger partial charge in [0.2, 0.25) is 10.0 Å². The fourth-order valence-corrected chi connectivity index (χ4v) is 6.04. The number of nitrogens with zero attached hydrogens (tertiary/aromatic N) is 2. The summed E-state index contributed by atoms with van der Waals surface area (Å²) in [6.07, 6.45) is 0.718. The number of ether oxygens (including phenoxy) is 1. The third-order valence-electron chi connectivity index (χ3n) is 5.01. The third-order valence-corrected chi connectivity index (χ3v) is 7.98. The smallest absolute Gasteiger partial charge is 0.265 e. The van der Waals surface area contributed by atoms with Gasteiger partial charge in [-0.1, -0.05) is 13.8 Å². The van der Waals surface area contributed by atoms with Crippen molar-refractivity contribution in [1.29, 1.82) is 0 Å². The fourth-order valence-electron chi connectivity index (χ4n) is 3.27. The molecule has 9 heteroatoms. The summed E-state index contributed by atoms with van der Waals surface area (Å²) in [7, 11) is -3.68. The van der Waals surface area contributed by atoms with Crippen LogP contribution in [0.4, 0.5) is 0 Å². The fraction of sp³-hybridized carbons (Fsp3) is 0.688. The number of hydrogen-bond donors (Lipinski definition) is 1. The van der Waals surface area contributed by atoms with Gasteiger partial charge in [0.15, 0.2) is 0 Å². The van der Waals surface area contributed by atoms with E-state index in [9.17, 15) is 13.2 Å². The van der Waals surface area contributed by atoms with Crippen LogP contribution in [0.2, 0.25) is 0 Å². The third kappa shape index (κ3) is 3.61. The molecule has 3 heterocycles. The Labute approximate surface area is 152 Å². The van der Waals surface area contributed by atoms with Crippen LogP contribution in [0.5, 0.6) is 0 Å². The lowest BCUT2D eigenvalue weighted by Gasteiger charge is -2.42. The molecule has 1 aromatic rings. The van der Waals surface area contributed by atoms with E-state index in [0.29, 0.717) is 39.4 Å². The molecule has 2 saturated heterocycles. The number of sulfonamides is 1. The number of carbonyl (C=O) groups excluding carboxylic acids is 1. The number of carbonyl (C=O) groups is 1. The summed E-state index contributed by atoms with van der Waals surface area (Å²) in [5.74, 6) is -0.221. The van der Waals surface area contributed by atoms with E-state index in [2.05, 4.69) is 0 Å². The zero-order chi connectivity index (χ0) is 18.2. The second-order valence-electron chi connectivity index (χ2n) is 7.24. The Hall–Kier alpha value is -1.00. The topological polar surface area (TPSA) is 92.9 Å². The molecule has 0 aromatic carbocycles. The Balaban J connectivity index is 1.85. The predicted octanol–water partition coefficient (Wildman–Crippen LogP) is 0.968. The Kier molecular flexibility index (Phi) is 5.23. The van der Waals surface area contributed by atoms with Crippen LogP contribution in [0.3, 0.4) is 0 Å². The number of morpholine rings is 1. The maximum Gasteiger partial charge on any atom is 0.265 e. The minimum Gasteiger partial charge on any atom is -0.379 e. The molecule has 140 valence electrons. The van der Waals surface area contributed by atoms with Crippen molar-refractivity contribution < 1.29 is 17.9 Å². The van der Waals surface area contributed by atoms with Gasteiger partial charge in [-0.2, -0.15) is 4.31 Å². The van der Waals surface area contributed by atoms with Crippen molar-refractivity contribution in [2.45, 2.75) is 31.2 Å². The first-order valence-electron chi connectivity index (χ1n) is 8.44. The first kappa shape index (κ1) is 18.8. The average Bonchev–Trinajstić information content (AvgIpc) is 3.08. The summed E-state index contributed by atoms with van der Waals surface area (Å²) >= 11 is 1.18. The highest BCUT2D eigenvalue weighted by Crippen LogP contribution is 2.32. The van der Waals surface area contributed by atoms with Crippen molar-refractivity contribution in [2.24, 2.45) is 11.1 Å². The Bertz CT molecular complexity index is 738. The first-order valence-corrected chi connectivity index (χ1v) is 10.8. The monoisotopic (exact) mass is 387 g/mol. The number of likely N-dealkylation sites (tertiary alicyclic amines) is 1. The zero-order valence-electron chi connectivity index (χ0n) is 14.6. The normalized spacial score (nSPS) is 25.1. The van der Waals surface area contributed by atoms with Gasteiger partial charge in [-0.15, -0.1) is 11.3 Å². The largest absolute Gasteiger partial charge is 0.379 e. The lowest BCUT2D eigenvalue weighted by Crippen LogP contribution is -2.54. The van der Waals surface area contributed by atoms with Crippen LogP contribution in [0.15, 0.2) is 16.3 Å². The molecule has 7 nitrogen and oxygen atoms in total. The zero-order valence-corrected chi connectivity index (χ0v) is 16.2. The molecule has 2 fully saturated rings. The second-order valence-corrected chi connectivity index (χ2v) is 10.1. The maximum absolute atomic E-state index is 13.0. The molecule has 0 spiro atoms. The summed E-state index contributed by atoms with van der Waals surface area (Å²) in [6, 6.07) is 1.57. The van der Waals surface area contributed by atoms with Gasteiger partial charge in [0.05, 0.1) is 13.2 Å². The van der Waals surface area contributed by atoms with E-state index in [1.54, 1.807) is 10.3 Å². The second kappa shape index (κ2) is 6.96. The number of thiophene rings is 1. The molecular weight excluding hydrogens is 362 g/mol. The van der Waals surface area contributed by atoms with Crippen molar-refractivity contribution >= 4 is 27.3 Å². The molecule has 0 bridgehead atoms. The molecule has 1 atom stereocenters. The van der Waals surface area contributed by atoms with Crippen LogP contribution in [0.25, 0.3) is 0 Å². The van der Waals surface area contributed by atoms with Gasteiger partial charge >= 0.3 is 0 Å². The quantitative estimate of drug-likeness (QED) is 0.834. The van der Waals surface area contributed by atoms with Crippen LogP contribution < -0.4 is 5.73 Å². The number of nitrogens with two attached hydrogens (primary N) is 1. The average molecular weight is 388 g/mol. The molecule has 0 radical (unpaired) electrons. The number of rotatable bonds is 3. The molecule has 0 aliphatic carbocycles. The van der Waals surface area contributed by atoms with Crippen LogP contribution in [0.1, 0.15) is 29.9 Å². The molecule has 0 saturated carbocycles. The van der Waals surface area contributed by atoms with E-state index >= 15 is 0 Å². The lowest BCUT2D eigenvalue weighted by atomic mass is 9.79. The van der Waals surface area contributed by atoms with Gasteiger partial charge in [-0.25, -0.2) is 8.42 Å². The highest BCUT2D eigenvalue weighted by atomic mass is 32.2. The van der Waals surface area contributed by atoms with Crippen LogP contribution >= 0.6 is 11.3 Å². The molecule has 1 unspecified atom stereocenters. The van der Waals surface area contributed by atoms with Gasteiger partial charge in [0.25, 0.3) is 5.91 Å². The van der Waals surface area contributed by atoms with Gasteiger partial charge in [0, 0.05) is 32.2 Å². The van der Waals surface area contributed by atoms with Gasteiger partial charge < -0.3 is 15.4 Å².